The Morgan fingerprint density at radius 2 is 1.45 bits per heavy atom. The van der Waals surface area contributed by atoms with Crippen molar-refractivity contribution in [1.82, 2.24) is 19.6 Å². The molecule has 0 unspecified atom stereocenters. The summed E-state index contributed by atoms with van der Waals surface area (Å²) in [6.07, 6.45) is 0.178. The van der Waals surface area contributed by atoms with Crippen molar-refractivity contribution < 1.29 is 4.79 Å². The van der Waals surface area contributed by atoms with Crippen molar-refractivity contribution in [3.05, 3.63) is 93.0 Å². The molecule has 33 heavy (non-hydrogen) atoms. The Kier molecular flexibility index (Phi) is 5.79. The van der Waals surface area contributed by atoms with Crippen LogP contribution in [0, 0.1) is 0 Å². The summed E-state index contributed by atoms with van der Waals surface area (Å²) in [5.41, 5.74) is 0.699. The minimum absolute atomic E-state index is 0.000665. The van der Waals surface area contributed by atoms with Crippen molar-refractivity contribution in [1.29, 1.82) is 0 Å². The summed E-state index contributed by atoms with van der Waals surface area (Å²) in [7, 11) is 0. The maximum absolute atomic E-state index is 12.8. The summed E-state index contributed by atoms with van der Waals surface area (Å²) in [5, 5.41) is 5.85. The molecule has 1 aliphatic heterocycles. The second kappa shape index (κ2) is 9.03. The lowest BCUT2D eigenvalue weighted by molar-refractivity contribution is -0.133. The normalized spacial score (nSPS) is 14.7. The highest BCUT2D eigenvalue weighted by Gasteiger charge is 2.21. The van der Waals surface area contributed by atoms with E-state index in [1.807, 2.05) is 4.90 Å². The van der Waals surface area contributed by atoms with Crippen molar-refractivity contribution in [3.63, 3.8) is 0 Å². The van der Waals surface area contributed by atoms with Crippen LogP contribution in [0.2, 0.25) is 0 Å². The highest BCUT2D eigenvalue weighted by Crippen LogP contribution is 2.20. The van der Waals surface area contributed by atoms with E-state index in [1.54, 1.807) is 24.3 Å². The lowest BCUT2D eigenvalue weighted by atomic mass is 10.0. The molecule has 1 aromatic heterocycles. The Balaban J connectivity index is 1.19. The van der Waals surface area contributed by atoms with Gasteiger partial charge in [0.2, 0.25) is 5.91 Å². The van der Waals surface area contributed by atoms with Gasteiger partial charge in [-0.15, -0.1) is 0 Å². The number of H-pyrrole nitrogens is 1. The van der Waals surface area contributed by atoms with Crippen LogP contribution in [0.25, 0.3) is 21.5 Å². The maximum atomic E-state index is 12.8. The highest BCUT2D eigenvalue weighted by atomic mass is 16.2. The molecule has 1 N–H and O–H groups in total. The van der Waals surface area contributed by atoms with Gasteiger partial charge in [-0.2, -0.15) is 0 Å². The first-order valence-electron chi connectivity index (χ1n) is 11.3. The zero-order chi connectivity index (χ0) is 22.8. The lowest BCUT2D eigenvalue weighted by Gasteiger charge is -2.35. The van der Waals surface area contributed by atoms with Crippen LogP contribution in [0.15, 0.2) is 76.3 Å². The molecule has 0 aliphatic carbocycles. The van der Waals surface area contributed by atoms with Crippen LogP contribution in [0.5, 0.6) is 0 Å². The zero-order valence-corrected chi connectivity index (χ0v) is 18.4. The SMILES string of the molecule is O=C(CCn1[nH]c(=O)c2ccccc2c1=O)N1CCN(Cc2cccc3ccccc23)CC1. The lowest BCUT2D eigenvalue weighted by Crippen LogP contribution is -2.48. The molecule has 0 saturated carbocycles. The molecule has 3 aromatic carbocycles. The number of amides is 1. The number of carbonyl (C=O) groups excluding carboxylic acids is 1. The fraction of sp³-hybridized carbons (Fsp3) is 0.269. The van der Waals surface area contributed by atoms with Gasteiger partial charge in [-0.1, -0.05) is 54.6 Å². The molecule has 2 heterocycles. The monoisotopic (exact) mass is 442 g/mol. The molecule has 7 nitrogen and oxygen atoms in total. The minimum Gasteiger partial charge on any atom is -0.340 e. The second-order valence-electron chi connectivity index (χ2n) is 8.49. The molecule has 7 heteroatoms. The number of benzene rings is 3. The van der Waals surface area contributed by atoms with E-state index in [1.165, 1.54) is 21.0 Å². The molecule has 168 valence electrons. The van der Waals surface area contributed by atoms with Gasteiger partial charge >= 0.3 is 0 Å². The molecular formula is C26H26N4O3. The predicted molar refractivity (Wildman–Crippen MR) is 129 cm³/mol. The van der Waals surface area contributed by atoms with Gasteiger partial charge in [0, 0.05) is 39.1 Å². The number of fused-ring (bicyclic) bond motifs is 2. The van der Waals surface area contributed by atoms with Crippen LogP contribution in [0.4, 0.5) is 0 Å². The number of hydrogen-bond donors (Lipinski definition) is 1. The highest BCUT2D eigenvalue weighted by molar-refractivity contribution is 5.85. The largest absolute Gasteiger partial charge is 0.340 e. The standard InChI is InChI=1S/C26H26N4O3/c31-24(12-13-30-26(33)23-11-4-3-10-22(23)25(32)27-30)29-16-14-28(15-17-29)18-20-8-5-7-19-6-1-2-9-21(19)20/h1-11H,12-18H2,(H,27,32). The number of aryl methyl sites for hydroxylation is 1. The fourth-order valence-electron chi connectivity index (χ4n) is 4.60. The molecule has 0 bridgehead atoms. The summed E-state index contributed by atoms with van der Waals surface area (Å²) in [6, 6.07) is 21.5. The number of piperazine rings is 1. The maximum Gasteiger partial charge on any atom is 0.273 e. The van der Waals surface area contributed by atoms with Crippen molar-refractivity contribution in [3.8, 4) is 0 Å². The van der Waals surface area contributed by atoms with Gasteiger partial charge < -0.3 is 4.90 Å². The van der Waals surface area contributed by atoms with E-state index >= 15 is 0 Å². The molecule has 5 rings (SSSR count). The summed E-state index contributed by atoms with van der Waals surface area (Å²) in [5.74, 6) is 0.000665. The Morgan fingerprint density at radius 3 is 2.24 bits per heavy atom. The van der Waals surface area contributed by atoms with Gasteiger partial charge in [0.15, 0.2) is 0 Å². The summed E-state index contributed by atoms with van der Waals surface area (Å²) in [6.45, 7) is 3.95. The molecule has 1 saturated heterocycles. The van der Waals surface area contributed by atoms with E-state index in [0.717, 1.165) is 19.6 Å². The van der Waals surface area contributed by atoms with Crippen molar-refractivity contribution in [2.45, 2.75) is 19.5 Å². The van der Waals surface area contributed by atoms with Crippen molar-refractivity contribution in [2.24, 2.45) is 0 Å². The van der Waals surface area contributed by atoms with Gasteiger partial charge in [0.25, 0.3) is 11.1 Å². The van der Waals surface area contributed by atoms with E-state index in [-0.39, 0.29) is 30.0 Å². The average molecular weight is 443 g/mol. The second-order valence-corrected chi connectivity index (χ2v) is 8.49. The van der Waals surface area contributed by atoms with Crippen LogP contribution in [0.3, 0.4) is 0 Å². The van der Waals surface area contributed by atoms with E-state index in [4.69, 9.17) is 0 Å². The minimum atomic E-state index is -0.320. The van der Waals surface area contributed by atoms with Crippen LogP contribution < -0.4 is 11.1 Å². The summed E-state index contributed by atoms with van der Waals surface area (Å²) < 4.78 is 1.25. The quantitative estimate of drug-likeness (QED) is 0.515. The Bertz CT molecular complexity index is 1430. The van der Waals surface area contributed by atoms with Crippen LogP contribution >= 0.6 is 0 Å². The van der Waals surface area contributed by atoms with Gasteiger partial charge in [-0.3, -0.25) is 24.4 Å². The molecule has 0 atom stereocenters. The van der Waals surface area contributed by atoms with Gasteiger partial charge in [0.1, 0.15) is 0 Å². The fourth-order valence-corrected chi connectivity index (χ4v) is 4.60. The van der Waals surface area contributed by atoms with Crippen molar-refractivity contribution in [2.75, 3.05) is 26.2 Å². The molecule has 1 fully saturated rings. The number of carbonyl (C=O) groups is 1. The van der Waals surface area contributed by atoms with E-state index < -0.39 is 0 Å². The van der Waals surface area contributed by atoms with E-state index in [2.05, 4.69) is 52.5 Å². The molecule has 1 amide bonds. The van der Waals surface area contributed by atoms with Crippen LogP contribution in [-0.2, 0) is 17.9 Å². The first-order valence-corrected chi connectivity index (χ1v) is 11.3. The third kappa shape index (κ3) is 4.32. The van der Waals surface area contributed by atoms with Crippen LogP contribution in [0.1, 0.15) is 12.0 Å². The first kappa shape index (κ1) is 21.2. The van der Waals surface area contributed by atoms with Crippen molar-refractivity contribution >= 4 is 27.5 Å². The van der Waals surface area contributed by atoms with Crippen LogP contribution in [-0.4, -0.2) is 51.7 Å². The van der Waals surface area contributed by atoms with E-state index in [9.17, 15) is 14.4 Å². The van der Waals surface area contributed by atoms with Gasteiger partial charge in [-0.25, -0.2) is 4.68 Å². The number of aromatic amines is 1. The number of hydrogen-bond acceptors (Lipinski definition) is 4. The Labute approximate surface area is 190 Å². The summed E-state index contributed by atoms with van der Waals surface area (Å²) in [4.78, 5) is 41.9. The van der Waals surface area contributed by atoms with E-state index in [0.29, 0.717) is 23.9 Å². The molecule has 0 radical (unpaired) electrons. The average Bonchev–Trinajstić information content (AvgIpc) is 2.86. The molecule has 4 aromatic rings. The number of aromatic nitrogens is 2. The van der Waals surface area contributed by atoms with Gasteiger partial charge in [-0.05, 0) is 28.5 Å². The molecule has 0 spiro atoms. The van der Waals surface area contributed by atoms with Gasteiger partial charge in [0.05, 0.1) is 17.3 Å². The summed E-state index contributed by atoms with van der Waals surface area (Å²) >= 11 is 0. The third-order valence-corrected chi connectivity index (χ3v) is 6.43. The first-order chi connectivity index (χ1) is 16.1. The molecular weight excluding hydrogens is 416 g/mol. The number of rotatable bonds is 5. The Morgan fingerprint density at radius 1 is 0.788 bits per heavy atom. The smallest absolute Gasteiger partial charge is 0.273 e. The number of nitrogens with zero attached hydrogens (tertiary/aromatic N) is 3. The Hall–Kier alpha value is -3.71. The number of nitrogens with one attached hydrogen (secondary N) is 1. The molecule has 1 aliphatic rings. The zero-order valence-electron chi connectivity index (χ0n) is 18.4. The third-order valence-electron chi connectivity index (χ3n) is 6.43. The predicted octanol–water partition coefficient (Wildman–Crippen LogP) is 2.58. The topological polar surface area (TPSA) is 78.4 Å².